The van der Waals surface area contributed by atoms with Gasteiger partial charge in [-0.1, -0.05) is 6.07 Å². The van der Waals surface area contributed by atoms with Gasteiger partial charge in [-0.3, -0.25) is 0 Å². The largest absolute Gasteiger partial charge is 0.326 e. The maximum Gasteiger partial charge on any atom is 0.238 e. The molecule has 0 heterocycles. The van der Waals surface area contributed by atoms with Crippen molar-refractivity contribution in [3.63, 3.8) is 0 Å². The van der Waals surface area contributed by atoms with Gasteiger partial charge in [-0.15, -0.1) is 0 Å². The highest BCUT2D eigenvalue weighted by atomic mass is 32.2. The topological polar surface area (TPSA) is 86.2 Å². The molecular weight excluding hydrogens is 195 g/mol. The Hall–Kier alpha value is -0.980. The standard InChI is InChI=1S/C7H9FN2O2S/c8-6-2-1-5(4-9)7(3-6)13(10,11)12/h1-3H,4,9H2,(H2,10,11,12). The third-order valence-electron chi connectivity index (χ3n) is 1.56. The molecule has 13 heavy (non-hydrogen) atoms. The summed E-state index contributed by atoms with van der Waals surface area (Å²) in [6.07, 6.45) is 0. The lowest BCUT2D eigenvalue weighted by Crippen LogP contribution is -2.16. The quantitative estimate of drug-likeness (QED) is 0.707. The van der Waals surface area contributed by atoms with E-state index < -0.39 is 15.8 Å². The highest BCUT2D eigenvalue weighted by molar-refractivity contribution is 7.89. The fourth-order valence-corrected chi connectivity index (χ4v) is 1.76. The maximum absolute atomic E-state index is 12.7. The number of rotatable bonds is 2. The van der Waals surface area contributed by atoms with Crippen LogP contribution < -0.4 is 10.9 Å². The van der Waals surface area contributed by atoms with Crippen LogP contribution in [0.5, 0.6) is 0 Å². The zero-order valence-electron chi connectivity index (χ0n) is 6.70. The summed E-state index contributed by atoms with van der Waals surface area (Å²) in [5.41, 5.74) is 5.56. The van der Waals surface area contributed by atoms with Crippen LogP contribution in [-0.2, 0) is 16.6 Å². The molecule has 0 saturated heterocycles. The molecule has 0 aliphatic carbocycles. The van der Waals surface area contributed by atoms with Crippen LogP contribution in [0.15, 0.2) is 23.1 Å². The van der Waals surface area contributed by atoms with E-state index in [0.717, 1.165) is 12.1 Å². The van der Waals surface area contributed by atoms with Crippen LogP contribution in [0.25, 0.3) is 0 Å². The van der Waals surface area contributed by atoms with Gasteiger partial charge in [0.15, 0.2) is 0 Å². The van der Waals surface area contributed by atoms with Crippen molar-refractivity contribution in [2.75, 3.05) is 0 Å². The first-order valence-corrected chi connectivity index (χ1v) is 5.01. The number of nitrogens with two attached hydrogens (primary N) is 2. The van der Waals surface area contributed by atoms with Crippen LogP contribution in [0.3, 0.4) is 0 Å². The van der Waals surface area contributed by atoms with E-state index in [4.69, 9.17) is 10.9 Å². The van der Waals surface area contributed by atoms with Gasteiger partial charge >= 0.3 is 0 Å². The van der Waals surface area contributed by atoms with Crippen molar-refractivity contribution < 1.29 is 12.8 Å². The lowest BCUT2D eigenvalue weighted by Gasteiger charge is -2.04. The number of benzene rings is 1. The smallest absolute Gasteiger partial charge is 0.238 e. The summed E-state index contributed by atoms with van der Waals surface area (Å²) in [6, 6.07) is 3.30. The van der Waals surface area contributed by atoms with E-state index >= 15 is 0 Å². The van der Waals surface area contributed by atoms with E-state index in [-0.39, 0.29) is 11.4 Å². The van der Waals surface area contributed by atoms with Crippen molar-refractivity contribution in [2.24, 2.45) is 10.9 Å². The molecule has 0 bridgehead atoms. The van der Waals surface area contributed by atoms with Crippen molar-refractivity contribution >= 4 is 10.0 Å². The Bertz CT molecular complexity index is 417. The van der Waals surface area contributed by atoms with Crippen LogP contribution in [0.2, 0.25) is 0 Å². The molecule has 0 aliphatic heterocycles. The maximum atomic E-state index is 12.7. The predicted octanol–water partition coefficient (Wildman–Crippen LogP) is -0.0682. The molecule has 0 aromatic heterocycles. The third kappa shape index (κ3) is 2.24. The van der Waals surface area contributed by atoms with Crippen molar-refractivity contribution in [3.05, 3.63) is 29.6 Å². The second kappa shape index (κ2) is 3.41. The Morgan fingerprint density at radius 1 is 1.38 bits per heavy atom. The fraction of sp³-hybridized carbons (Fsp3) is 0.143. The molecule has 0 spiro atoms. The number of primary sulfonamides is 1. The lowest BCUT2D eigenvalue weighted by atomic mass is 10.2. The molecule has 0 radical (unpaired) electrons. The van der Waals surface area contributed by atoms with E-state index in [9.17, 15) is 12.8 Å². The van der Waals surface area contributed by atoms with Crippen LogP contribution >= 0.6 is 0 Å². The molecule has 1 aromatic rings. The molecule has 4 nitrogen and oxygen atoms in total. The monoisotopic (exact) mass is 204 g/mol. The van der Waals surface area contributed by atoms with Gasteiger partial charge in [0.25, 0.3) is 0 Å². The first-order valence-electron chi connectivity index (χ1n) is 3.46. The van der Waals surface area contributed by atoms with Gasteiger partial charge in [-0.2, -0.15) is 0 Å². The summed E-state index contributed by atoms with van der Waals surface area (Å²) in [5, 5.41) is 4.85. The van der Waals surface area contributed by atoms with Gasteiger partial charge in [-0.05, 0) is 17.7 Å². The van der Waals surface area contributed by atoms with Crippen molar-refractivity contribution in [3.8, 4) is 0 Å². The zero-order chi connectivity index (χ0) is 10.1. The van der Waals surface area contributed by atoms with Crippen molar-refractivity contribution in [1.29, 1.82) is 0 Å². The molecular formula is C7H9FN2O2S. The summed E-state index contributed by atoms with van der Waals surface area (Å²) in [5.74, 6) is -0.652. The van der Waals surface area contributed by atoms with E-state index in [2.05, 4.69) is 0 Å². The Morgan fingerprint density at radius 2 is 2.00 bits per heavy atom. The average Bonchev–Trinajstić information content (AvgIpc) is 2.03. The zero-order valence-corrected chi connectivity index (χ0v) is 7.51. The SMILES string of the molecule is NCc1ccc(F)cc1S(N)(=O)=O. The Kier molecular flexibility index (Phi) is 2.65. The summed E-state index contributed by atoms with van der Waals surface area (Å²) < 4.78 is 34.5. The minimum atomic E-state index is -3.89. The minimum Gasteiger partial charge on any atom is -0.326 e. The number of hydrogen-bond acceptors (Lipinski definition) is 3. The van der Waals surface area contributed by atoms with Crippen LogP contribution in [0, 0.1) is 5.82 Å². The fourth-order valence-electron chi connectivity index (χ4n) is 0.962. The molecule has 0 amide bonds. The molecule has 0 unspecified atom stereocenters. The van der Waals surface area contributed by atoms with Gasteiger partial charge < -0.3 is 5.73 Å². The summed E-state index contributed by atoms with van der Waals surface area (Å²) in [4.78, 5) is -0.255. The lowest BCUT2D eigenvalue weighted by molar-refractivity contribution is 0.590. The number of hydrogen-bond donors (Lipinski definition) is 2. The Labute approximate surface area is 75.4 Å². The van der Waals surface area contributed by atoms with E-state index in [1.807, 2.05) is 0 Å². The molecule has 6 heteroatoms. The van der Waals surface area contributed by atoms with Gasteiger partial charge in [0.05, 0.1) is 4.90 Å². The highest BCUT2D eigenvalue weighted by Gasteiger charge is 2.13. The first-order chi connectivity index (χ1) is 5.95. The van der Waals surface area contributed by atoms with Gasteiger partial charge in [0.1, 0.15) is 5.82 Å². The summed E-state index contributed by atoms with van der Waals surface area (Å²) in [7, 11) is -3.89. The predicted molar refractivity (Wildman–Crippen MR) is 45.7 cm³/mol. The van der Waals surface area contributed by atoms with Crippen molar-refractivity contribution in [1.82, 2.24) is 0 Å². The average molecular weight is 204 g/mol. The molecule has 0 atom stereocenters. The molecule has 0 fully saturated rings. The normalized spacial score (nSPS) is 11.6. The second-order valence-corrected chi connectivity index (χ2v) is 4.03. The molecule has 0 aliphatic rings. The molecule has 72 valence electrons. The number of sulfonamides is 1. The van der Waals surface area contributed by atoms with E-state index in [1.165, 1.54) is 6.07 Å². The van der Waals surface area contributed by atoms with Crippen molar-refractivity contribution in [2.45, 2.75) is 11.4 Å². The number of halogens is 1. The first kappa shape index (κ1) is 10.1. The van der Waals surface area contributed by atoms with Crippen LogP contribution in [0.1, 0.15) is 5.56 Å². The summed E-state index contributed by atoms with van der Waals surface area (Å²) in [6.45, 7) is 0.00600. The molecule has 0 saturated carbocycles. The van der Waals surface area contributed by atoms with E-state index in [0.29, 0.717) is 5.56 Å². The highest BCUT2D eigenvalue weighted by Crippen LogP contribution is 2.14. The van der Waals surface area contributed by atoms with Gasteiger partial charge in [0.2, 0.25) is 10.0 Å². The molecule has 1 aromatic carbocycles. The molecule has 1 rings (SSSR count). The third-order valence-corrected chi connectivity index (χ3v) is 2.55. The summed E-state index contributed by atoms with van der Waals surface area (Å²) >= 11 is 0. The molecule has 4 N–H and O–H groups in total. The minimum absolute atomic E-state index is 0.00600. The van der Waals surface area contributed by atoms with Crippen LogP contribution in [0.4, 0.5) is 4.39 Å². The van der Waals surface area contributed by atoms with Gasteiger partial charge in [0, 0.05) is 6.54 Å². The van der Waals surface area contributed by atoms with Crippen LogP contribution in [-0.4, -0.2) is 8.42 Å². The van der Waals surface area contributed by atoms with Gasteiger partial charge in [-0.25, -0.2) is 17.9 Å². The Balaban J connectivity index is 3.41. The van der Waals surface area contributed by atoms with E-state index in [1.54, 1.807) is 0 Å². The Morgan fingerprint density at radius 3 is 2.46 bits per heavy atom. The second-order valence-electron chi connectivity index (χ2n) is 2.50.